The quantitative estimate of drug-likeness (QED) is 0.831. The molecule has 1 heterocycles. The van der Waals surface area contributed by atoms with Crippen LogP contribution in [0.5, 0.6) is 0 Å². The number of thiazole rings is 1. The molecular formula is C9H17IN2S. The summed E-state index contributed by atoms with van der Waals surface area (Å²) in [4.78, 5) is 1.97. The molecule has 0 aliphatic rings. The molecule has 1 aromatic rings. The fourth-order valence-corrected chi connectivity index (χ4v) is 2.09. The van der Waals surface area contributed by atoms with Gasteiger partial charge in [-0.1, -0.05) is 13.3 Å². The Morgan fingerprint density at radius 1 is 1.38 bits per heavy atom. The number of rotatable bonds is 3. The first-order valence-corrected chi connectivity index (χ1v) is 5.20. The molecule has 1 aromatic heterocycles. The zero-order valence-corrected chi connectivity index (χ0v) is 11.5. The van der Waals surface area contributed by atoms with Crippen molar-refractivity contribution in [1.29, 1.82) is 5.41 Å². The van der Waals surface area contributed by atoms with Crippen LogP contribution < -0.4 is 4.80 Å². The third kappa shape index (κ3) is 3.09. The highest BCUT2D eigenvalue weighted by molar-refractivity contribution is 14.0. The second-order valence-corrected chi connectivity index (χ2v) is 4.26. The van der Waals surface area contributed by atoms with Crippen LogP contribution in [0.25, 0.3) is 0 Å². The van der Waals surface area contributed by atoms with Gasteiger partial charge in [0, 0.05) is 17.1 Å². The van der Waals surface area contributed by atoms with Gasteiger partial charge >= 0.3 is 0 Å². The fraction of sp³-hybridized carbons (Fsp3) is 0.667. The minimum Gasteiger partial charge on any atom is -0.321 e. The standard InChI is InChI=1S/C9H16N2S.HI/c1-4-5-6-11-7(2)8(3)12-9(11)10;/h10H,4-6H2,1-3H3;1H. The van der Waals surface area contributed by atoms with Crippen molar-refractivity contribution >= 4 is 35.3 Å². The van der Waals surface area contributed by atoms with Gasteiger partial charge in [0.25, 0.3) is 0 Å². The van der Waals surface area contributed by atoms with Crippen molar-refractivity contribution in [3.05, 3.63) is 15.4 Å². The summed E-state index contributed by atoms with van der Waals surface area (Å²) < 4.78 is 2.10. The van der Waals surface area contributed by atoms with E-state index in [-0.39, 0.29) is 24.0 Å². The maximum Gasteiger partial charge on any atom is 0.182 e. The Morgan fingerprint density at radius 2 is 2.00 bits per heavy atom. The summed E-state index contributed by atoms with van der Waals surface area (Å²) in [6, 6.07) is 0. The van der Waals surface area contributed by atoms with Crippen molar-refractivity contribution in [3.63, 3.8) is 0 Å². The fourth-order valence-electron chi connectivity index (χ4n) is 1.20. The van der Waals surface area contributed by atoms with Crippen LogP contribution in [0.15, 0.2) is 0 Å². The van der Waals surface area contributed by atoms with Crippen LogP contribution >= 0.6 is 35.3 Å². The molecule has 13 heavy (non-hydrogen) atoms. The van der Waals surface area contributed by atoms with Crippen LogP contribution in [-0.4, -0.2) is 4.57 Å². The van der Waals surface area contributed by atoms with Gasteiger partial charge in [-0.2, -0.15) is 0 Å². The molecule has 0 saturated carbocycles. The van der Waals surface area contributed by atoms with Crippen molar-refractivity contribution in [2.75, 3.05) is 0 Å². The molecule has 0 aliphatic carbocycles. The SMILES string of the molecule is CCCCn1c(C)c(C)sc1=N.I. The van der Waals surface area contributed by atoms with Gasteiger partial charge in [-0.25, -0.2) is 0 Å². The molecule has 0 amide bonds. The average molecular weight is 312 g/mol. The summed E-state index contributed by atoms with van der Waals surface area (Å²) in [5.41, 5.74) is 1.26. The Bertz CT molecular complexity index is 314. The predicted octanol–water partition coefficient (Wildman–Crippen LogP) is 3.06. The molecule has 0 radical (unpaired) electrons. The van der Waals surface area contributed by atoms with Gasteiger partial charge in [0.05, 0.1) is 0 Å². The van der Waals surface area contributed by atoms with E-state index >= 15 is 0 Å². The Labute approximate surface area is 101 Å². The minimum atomic E-state index is 0. The van der Waals surface area contributed by atoms with E-state index in [1.54, 1.807) is 11.3 Å². The summed E-state index contributed by atoms with van der Waals surface area (Å²) in [5.74, 6) is 0. The second kappa shape index (κ2) is 5.80. The second-order valence-electron chi connectivity index (χ2n) is 3.05. The summed E-state index contributed by atoms with van der Waals surface area (Å²) in [6.45, 7) is 7.37. The zero-order valence-electron chi connectivity index (χ0n) is 8.39. The van der Waals surface area contributed by atoms with E-state index in [9.17, 15) is 0 Å². The Hall–Kier alpha value is 0.160. The zero-order chi connectivity index (χ0) is 9.14. The molecule has 1 N–H and O–H groups in total. The number of halogens is 1. The van der Waals surface area contributed by atoms with Crippen LogP contribution in [0.3, 0.4) is 0 Å². The van der Waals surface area contributed by atoms with Crippen LogP contribution in [0.4, 0.5) is 0 Å². The molecule has 1 rings (SSSR count). The van der Waals surface area contributed by atoms with E-state index in [2.05, 4.69) is 25.3 Å². The minimum absolute atomic E-state index is 0. The van der Waals surface area contributed by atoms with Crippen LogP contribution in [-0.2, 0) is 6.54 Å². The molecular weight excluding hydrogens is 295 g/mol. The van der Waals surface area contributed by atoms with Crippen molar-refractivity contribution < 1.29 is 0 Å². The lowest BCUT2D eigenvalue weighted by Crippen LogP contribution is -2.14. The van der Waals surface area contributed by atoms with E-state index in [4.69, 9.17) is 5.41 Å². The Balaban J connectivity index is 0.00000144. The highest BCUT2D eigenvalue weighted by atomic mass is 127. The van der Waals surface area contributed by atoms with Crippen molar-refractivity contribution in [3.8, 4) is 0 Å². The van der Waals surface area contributed by atoms with E-state index in [1.165, 1.54) is 23.4 Å². The van der Waals surface area contributed by atoms with Gasteiger partial charge in [0.15, 0.2) is 4.80 Å². The molecule has 0 saturated heterocycles. The van der Waals surface area contributed by atoms with Crippen molar-refractivity contribution in [2.45, 2.75) is 40.2 Å². The largest absolute Gasteiger partial charge is 0.321 e. The number of unbranched alkanes of at least 4 members (excludes halogenated alkanes) is 1. The van der Waals surface area contributed by atoms with Gasteiger partial charge in [-0.3, -0.25) is 5.41 Å². The van der Waals surface area contributed by atoms with E-state index < -0.39 is 0 Å². The summed E-state index contributed by atoms with van der Waals surface area (Å²) in [5, 5.41) is 7.69. The van der Waals surface area contributed by atoms with Crippen molar-refractivity contribution in [2.24, 2.45) is 0 Å². The smallest absolute Gasteiger partial charge is 0.182 e. The maximum absolute atomic E-state index is 7.69. The first-order chi connectivity index (χ1) is 5.66. The summed E-state index contributed by atoms with van der Waals surface area (Å²) in [6.07, 6.45) is 2.37. The predicted molar refractivity (Wildman–Crippen MR) is 68.0 cm³/mol. The van der Waals surface area contributed by atoms with E-state index in [1.807, 2.05) is 0 Å². The first kappa shape index (κ1) is 13.2. The first-order valence-electron chi connectivity index (χ1n) is 4.38. The normalized spacial score (nSPS) is 9.77. The number of nitrogens with one attached hydrogen (secondary N) is 1. The Kier molecular flexibility index (Phi) is 5.87. The average Bonchev–Trinajstić information content (AvgIpc) is 2.25. The number of hydrogen-bond donors (Lipinski definition) is 1. The summed E-state index contributed by atoms with van der Waals surface area (Å²) in [7, 11) is 0. The molecule has 76 valence electrons. The molecule has 0 unspecified atom stereocenters. The number of nitrogens with zero attached hydrogens (tertiary/aromatic N) is 1. The number of hydrogen-bond acceptors (Lipinski definition) is 2. The molecule has 4 heteroatoms. The van der Waals surface area contributed by atoms with Crippen LogP contribution in [0.2, 0.25) is 0 Å². The van der Waals surface area contributed by atoms with Gasteiger partial charge in [0.1, 0.15) is 0 Å². The lowest BCUT2D eigenvalue weighted by molar-refractivity contribution is 0.600. The highest BCUT2D eigenvalue weighted by Crippen LogP contribution is 2.09. The molecule has 2 nitrogen and oxygen atoms in total. The molecule has 0 aliphatic heterocycles. The van der Waals surface area contributed by atoms with Crippen LogP contribution in [0, 0.1) is 19.3 Å². The lowest BCUT2D eigenvalue weighted by atomic mass is 10.3. The Morgan fingerprint density at radius 3 is 2.38 bits per heavy atom. The molecule has 0 bridgehead atoms. The van der Waals surface area contributed by atoms with Crippen LogP contribution in [0.1, 0.15) is 30.3 Å². The topological polar surface area (TPSA) is 28.8 Å². The van der Waals surface area contributed by atoms with Gasteiger partial charge in [0.2, 0.25) is 0 Å². The molecule has 0 aromatic carbocycles. The number of aromatic nitrogens is 1. The third-order valence-corrected chi connectivity index (χ3v) is 3.16. The molecule has 0 spiro atoms. The molecule has 0 atom stereocenters. The number of aryl methyl sites for hydroxylation is 1. The van der Waals surface area contributed by atoms with Gasteiger partial charge in [-0.05, 0) is 20.3 Å². The maximum atomic E-state index is 7.69. The highest BCUT2D eigenvalue weighted by Gasteiger charge is 2.03. The monoisotopic (exact) mass is 312 g/mol. The van der Waals surface area contributed by atoms with Gasteiger partial charge in [-0.15, -0.1) is 35.3 Å². The summed E-state index contributed by atoms with van der Waals surface area (Å²) >= 11 is 1.58. The van der Waals surface area contributed by atoms with Crippen molar-refractivity contribution in [1.82, 2.24) is 4.57 Å². The van der Waals surface area contributed by atoms with Gasteiger partial charge < -0.3 is 4.57 Å². The lowest BCUT2D eigenvalue weighted by Gasteiger charge is -2.03. The van der Waals surface area contributed by atoms with E-state index in [0.29, 0.717) is 4.80 Å². The molecule has 0 fully saturated rings. The third-order valence-electron chi connectivity index (χ3n) is 2.14. The van der Waals surface area contributed by atoms with E-state index in [0.717, 1.165) is 6.54 Å².